The summed E-state index contributed by atoms with van der Waals surface area (Å²) in [4.78, 5) is 25.8. The second kappa shape index (κ2) is 11.2. The average Bonchev–Trinajstić information content (AvgIpc) is 3.27. The molecular formula is C24H28F3N3O6S. The molecular weight excluding hydrogens is 515 g/mol. The number of sulfonamides is 1. The van der Waals surface area contributed by atoms with Crippen LogP contribution < -0.4 is 5.32 Å². The summed E-state index contributed by atoms with van der Waals surface area (Å²) >= 11 is 0. The Labute approximate surface area is 212 Å². The molecule has 2 aliphatic heterocycles. The van der Waals surface area contributed by atoms with Gasteiger partial charge in [0.2, 0.25) is 10.0 Å². The van der Waals surface area contributed by atoms with Crippen LogP contribution in [-0.2, 0) is 24.3 Å². The number of piperidine rings is 1. The molecule has 9 nitrogen and oxygen atoms in total. The van der Waals surface area contributed by atoms with E-state index in [1.165, 1.54) is 0 Å². The molecule has 2 fully saturated rings. The number of nitrogens with one attached hydrogen (secondary N) is 1. The van der Waals surface area contributed by atoms with Crippen LogP contribution in [0.3, 0.4) is 0 Å². The number of amides is 1. The summed E-state index contributed by atoms with van der Waals surface area (Å²) in [5, 5.41) is 9.97. The second-order valence-corrected chi connectivity index (χ2v) is 11.0. The van der Waals surface area contributed by atoms with Gasteiger partial charge in [-0.25, -0.2) is 13.2 Å². The fourth-order valence-corrected chi connectivity index (χ4v) is 5.90. The largest absolute Gasteiger partial charge is 0.490 e. The van der Waals surface area contributed by atoms with Crippen molar-refractivity contribution in [2.75, 3.05) is 18.4 Å². The van der Waals surface area contributed by atoms with Gasteiger partial charge in [-0.3, -0.25) is 9.78 Å². The summed E-state index contributed by atoms with van der Waals surface area (Å²) in [6.45, 7) is 4.71. The number of carbonyl (C=O) groups excluding carboxylic acids is 1. The van der Waals surface area contributed by atoms with Gasteiger partial charge in [0.25, 0.3) is 5.91 Å². The van der Waals surface area contributed by atoms with E-state index in [2.05, 4.69) is 10.3 Å². The molecule has 1 spiro atoms. The minimum absolute atomic E-state index is 0.0114. The molecule has 202 valence electrons. The van der Waals surface area contributed by atoms with Crippen molar-refractivity contribution in [2.24, 2.45) is 5.92 Å². The van der Waals surface area contributed by atoms with Gasteiger partial charge in [0.15, 0.2) is 0 Å². The van der Waals surface area contributed by atoms with E-state index in [-0.39, 0.29) is 11.8 Å². The maximum atomic E-state index is 13.0. The number of benzene rings is 1. The summed E-state index contributed by atoms with van der Waals surface area (Å²) in [7, 11) is -3.54. The first-order valence-electron chi connectivity index (χ1n) is 11.5. The zero-order valence-corrected chi connectivity index (χ0v) is 21.1. The molecule has 3 atom stereocenters. The number of pyridine rings is 1. The van der Waals surface area contributed by atoms with Gasteiger partial charge in [-0.15, -0.1) is 0 Å². The Balaban J connectivity index is 0.000000479. The van der Waals surface area contributed by atoms with Gasteiger partial charge < -0.3 is 15.2 Å². The van der Waals surface area contributed by atoms with Crippen molar-refractivity contribution in [1.29, 1.82) is 0 Å². The average molecular weight is 544 g/mol. The van der Waals surface area contributed by atoms with Crippen LogP contribution >= 0.6 is 0 Å². The Hall–Kier alpha value is -3.03. The highest BCUT2D eigenvalue weighted by Gasteiger charge is 2.50. The van der Waals surface area contributed by atoms with Gasteiger partial charge in [0.1, 0.15) is 6.10 Å². The molecule has 2 aromatic rings. The van der Waals surface area contributed by atoms with Crippen molar-refractivity contribution < 1.29 is 41.0 Å². The number of carboxylic acids is 1. The number of hydrogen-bond donors (Lipinski definition) is 2. The third kappa shape index (κ3) is 6.84. The van der Waals surface area contributed by atoms with E-state index >= 15 is 0 Å². The molecule has 37 heavy (non-hydrogen) atoms. The van der Waals surface area contributed by atoms with Crippen LogP contribution in [0.5, 0.6) is 0 Å². The lowest BCUT2D eigenvalue weighted by Crippen LogP contribution is -2.52. The molecule has 4 rings (SSSR count). The quantitative estimate of drug-likeness (QED) is 0.603. The minimum Gasteiger partial charge on any atom is -0.475 e. The number of rotatable bonds is 4. The number of anilines is 1. The first kappa shape index (κ1) is 28.5. The van der Waals surface area contributed by atoms with E-state index in [4.69, 9.17) is 14.6 Å². The Morgan fingerprint density at radius 1 is 1.19 bits per heavy atom. The molecule has 0 bridgehead atoms. The van der Waals surface area contributed by atoms with Gasteiger partial charge in [-0.05, 0) is 56.4 Å². The van der Waals surface area contributed by atoms with Crippen molar-refractivity contribution in [3.63, 3.8) is 0 Å². The summed E-state index contributed by atoms with van der Waals surface area (Å²) in [5.74, 6) is -2.95. The predicted octanol–water partition coefficient (Wildman–Crippen LogP) is 3.61. The van der Waals surface area contributed by atoms with Crippen LogP contribution in [0.15, 0.2) is 53.7 Å². The van der Waals surface area contributed by atoms with Gasteiger partial charge in [0, 0.05) is 19.3 Å². The Morgan fingerprint density at radius 2 is 1.84 bits per heavy atom. The van der Waals surface area contributed by atoms with E-state index in [1.54, 1.807) is 41.0 Å². The van der Waals surface area contributed by atoms with E-state index in [0.717, 1.165) is 12.0 Å². The Kier molecular flexibility index (Phi) is 8.60. The summed E-state index contributed by atoms with van der Waals surface area (Å²) in [5.41, 5.74) is 1.20. The highest BCUT2D eigenvalue weighted by Crippen LogP contribution is 2.43. The van der Waals surface area contributed by atoms with Gasteiger partial charge >= 0.3 is 12.1 Å². The topological polar surface area (TPSA) is 126 Å². The standard InChI is InChI=1S/C22H27N3O4S.C2HF3O2/c1-16-5-7-19(8-6-16)30(27,28)25-13-11-22(17(2)15-25)10-9-20(29-22)21(26)24-18-4-3-12-23-14-18;3-2(4,5)1(6)7/h3-8,12,14,17,20H,9-11,13,15H2,1-2H3,(H,24,26);(H,6,7). The molecule has 0 aliphatic carbocycles. The SMILES string of the molecule is Cc1ccc(S(=O)(=O)N2CCC3(CCC(C(=O)Nc4cccnc4)O3)C(C)C2)cc1.O=C(O)C(F)(F)F. The summed E-state index contributed by atoms with van der Waals surface area (Å²) in [6.07, 6.45) is -0.418. The number of alkyl halides is 3. The van der Waals surface area contributed by atoms with Gasteiger partial charge in [-0.1, -0.05) is 24.6 Å². The van der Waals surface area contributed by atoms with Crippen molar-refractivity contribution in [3.8, 4) is 0 Å². The zero-order valence-electron chi connectivity index (χ0n) is 20.2. The maximum absolute atomic E-state index is 13.0. The Morgan fingerprint density at radius 3 is 2.38 bits per heavy atom. The fraction of sp³-hybridized carbons (Fsp3) is 0.458. The normalized spacial score (nSPS) is 24.2. The number of carboxylic acid groups (broad SMARTS) is 1. The molecule has 3 unspecified atom stereocenters. The van der Waals surface area contributed by atoms with Crippen molar-refractivity contribution in [2.45, 2.75) is 55.9 Å². The van der Waals surface area contributed by atoms with Crippen molar-refractivity contribution in [1.82, 2.24) is 9.29 Å². The fourth-order valence-electron chi connectivity index (χ4n) is 4.37. The molecule has 13 heteroatoms. The number of nitrogens with zero attached hydrogens (tertiary/aromatic N) is 2. The number of aryl methyl sites for hydroxylation is 1. The smallest absolute Gasteiger partial charge is 0.475 e. The molecule has 1 aromatic heterocycles. The third-order valence-electron chi connectivity index (χ3n) is 6.49. The highest BCUT2D eigenvalue weighted by atomic mass is 32.2. The van der Waals surface area contributed by atoms with Crippen LogP contribution in [0.4, 0.5) is 18.9 Å². The number of halogens is 3. The summed E-state index contributed by atoms with van der Waals surface area (Å²) < 4.78 is 65.6. The first-order valence-corrected chi connectivity index (χ1v) is 12.9. The number of carbonyl (C=O) groups is 2. The van der Waals surface area contributed by atoms with Crippen LogP contribution in [0.25, 0.3) is 0 Å². The molecule has 2 saturated heterocycles. The van der Waals surface area contributed by atoms with E-state index < -0.39 is 33.9 Å². The van der Waals surface area contributed by atoms with E-state index in [1.807, 2.05) is 26.0 Å². The first-order chi connectivity index (χ1) is 17.2. The molecule has 2 N–H and O–H groups in total. The minimum atomic E-state index is -5.08. The molecule has 0 saturated carbocycles. The lowest BCUT2D eigenvalue weighted by atomic mass is 9.81. The molecule has 1 amide bonds. The summed E-state index contributed by atoms with van der Waals surface area (Å²) in [6, 6.07) is 10.5. The zero-order chi connectivity index (χ0) is 27.4. The van der Waals surface area contributed by atoms with Crippen molar-refractivity contribution >= 4 is 27.6 Å². The monoisotopic (exact) mass is 543 g/mol. The molecule has 3 heterocycles. The van der Waals surface area contributed by atoms with Gasteiger partial charge in [-0.2, -0.15) is 17.5 Å². The molecule has 2 aliphatic rings. The lowest BCUT2D eigenvalue weighted by Gasteiger charge is -2.43. The number of hydrogen-bond acceptors (Lipinski definition) is 6. The van der Waals surface area contributed by atoms with E-state index in [9.17, 15) is 26.4 Å². The number of aromatic nitrogens is 1. The maximum Gasteiger partial charge on any atom is 0.490 e. The van der Waals surface area contributed by atoms with Gasteiger partial charge in [0.05, 0.1) is 22.4 Å². The number of aliphatic carboxylic acids is 1. The second-order valence-electron chi connectivity index (χ2n) is 9.07. The molecule has 1 aromatic carbocycles. The van der Waals surface area contributed by atoms with E-state index in [0.29, 0.717) is 36.5 Å². The van der Waals surface area contributed by atoms with Crippen LogP contribution in [0.1, 0.15) is 31.7 Å². The lowest BCUT2D eigenvalue weighted by molar-refractivity contribution is -0.192. The van der Waals surface area contributed by atoms with Crippen LogP contribution in [-0.4, -0.2) is 65.7 Å². The third-order valence-corrected chi connectivity index (χ3v) is 8.37. The number of ether oxygens (including phenoxy) is 1. The molecule has 0 radical (unpaired) electrons. The van der Waals surface area contributed by atoms with Crippen LogP contribution in [0.2, 0.25) is 0 Å². The highest BCUT2D eigenvalue weighted by molar-refractivity contribution is 7.89. The van der Waals surface area contributed by atoms with Crippen molar-refractivity contribution in [3.05, 3.63) is 54.4 Å². The predicted molar refractivity (Wildman–Crippen MR) is 127 cm³/mol. The Bertz CT molecular complexity index is 1210. The van der Waals surface area contributed by atoms with Crippen LogP contribution in [0, 0.1) is 12.8 Å².